The third kappa shape index (κ3) is 3.27. The van der Waals surface area contributed by atoms with E-state index in [0.717, 1.165) is 0 Å². The van der Waals surface area contributed by atoms with E-state index in [4.69, 9.17) is 0 Å². The summed E-state index contributed by atoms with van der Waals surface area (Å²) in [5.74, 6) is -2.49. The first kappa shape index (κ1) is 19.4. The van der Waals surface area contributed by atoms with Crippen LogP contribution in [-0.4, -0.2) is 0 Å². The van der Waals surface area contributed by atoms with Crippen LogP contribution >= 0.6 is 31.8 Å². The van der Waals surface area contributed by atoms with Crippen molar-refractivity contribution in [2.24, 2.45) is 0 Å². The minimum atomic E-state index is -2.49. The molecular formula is C18H20P4Pd. The minimum absolute atomic E-state index is 0. The molecule has 3 rings (SSSR count). The van der Waals surface area contributed by atoms with Gasteiger partial charge in [0.25, 0.3) is 0 Å². The monoisotopic (exact) mass is 466 g/mol. The van der Waals surface area contributed by atoms with Gasteiger partial charge in [-0.2, -0.15) is 0 Å². The molecule has 0 aliphatic rings. The first-order valence-electron chi connectivity index (χ1n) is 7.17. The second kappa shape index (κ2) is 7.95. The Kier molecular flexibility index (Phi) is 6.69. The Morgan fingerprint density at radius 3 is 1.04 bits per heavy atom. The Hall–Kier alpha value is 0.0423. The maximum Gasteiger partial charge on any atom is 0 e. The van der Waals surface area contributed by atoms with Crippen LogP contribution in [0.5, 0.6) is 0 Å². The van der Waals surface area contributed by atoms with Gasteiger partial charge in [-0.05, 0) is 0 Å². The molecule has 3 aromatic rings. The second-order valence-corrected chi connectivity index (χ2v) is 20.0. The van der Waals surface area contributed by atoms with Gasteiger partial charge in [-0.1, -0.05) is 0 Å². The first-order valence-corrected chi connectivity index (χ1v) is 14.7. The summed E-state index contributed by atoms with van der Waals surface area (Å²) in [7, 11) is 7.07. The molecule has 0 amide bonds. The number of hydrogen-bond donors (Lipinski definition) is 0. The fourth-order valence-electron chi connectivity index (χ4n) is 2.88. The Morgan fingerprint density at radius 2 is 0.826 bits per heavy atom. The predicted octanol–water partition coefficient (Wildman–Crippen LogP) is 4.69. The van der Waals surface area contributed by atoms with Crippen molar-refractivity contribution in [2.75, 3.05) is 0 Å². The van der Waals surface area contributed by atoms with Gasteiger partial charge in [0, 0.05) is 20.4 Å². The average Bonchev–Trinajstić information content (AvgIpc) is 2.63. The smallest absolute Gasteiger partial charge is 0 e. The molecule has 0 N–H and O–H groups in total. The summed E-state index contributed by atoms with van der Waals surface area (Å²) in [6.07, 6.45) is 0. The van der Waals surface area contributed by atoms with Gasteiger partial charge in [-0.15, -0.1) is 0 Å². The molecule has 23 heavy (non-hydrogen) atoms. The molecule has 0 saturated heterocycles. The van der Waals surface area contributed by atoms with E-state index in [1.165, 1.54) is 15.9 Å². The zero-order chi connectivity index (χ0) is 15.5. The normalized spacial score (nSPS) is 13.2. The van der Waals surface area contributed by atoms with E-state index in [1.54, 1.807) is 0 Å². The third-order valence-corrected chi connectivity index (χ3v) is 24.3. The third-order valence-electron chi connectivity index (χ3n) is 4.15. The predicted molar refractivity (Wildman–Crippen MR) is 113 cm³/mol. The minimum Gasteiger partial charge on any atom is 0 e. The summed E-state index contributed by atoms with van der Waals surface area (Å²) in [5.41, 5.74) is 0. The quantitative estimate of drug-likeness (QED) is 0.387. The van der Waals surface area contributed by atoms with Crippen molar-refractivity contribution in [3.8, 4) is 0 Å². The molecule has 0 fully saturated rings. The van der Waals surface area contributed by atoms with E-state index in [-0.39, 0.29) is 20.4 Å². The summed E-state index contributed by atoms with van der Waals surface area (Å²) in [6, 6.07) is 32.9. The van der Waals surface area contributed by atoms with Crippen molar-refractivity contribution in [3.63, 3.8) is 0 Å². The number of hydrogen-bond acceptors (Lipinski definition) is 0. The molecule has 3 unspecified atom stereocenters. The van der Waals surface area contributed by atoms with E-state index >= 15 is 0 Å². The molecule has 0 aromatic heterocycles. The topological polar surface area (TPSA) is 0 Å². The molecule has 3 atom stereocenters. The fraction of sp³-hybridized carbons (Fsp3) is 0. The van der Waals surface area contributed by atoms with Gasteiger partial charge in [0.1, 0.15) is 0 Å². The fourth-order valence-corrected chi connectivity index (χ4v) is 14.9. The van der Waals surface area contributed by atoms with Gasteiger partial charge in [0.2, 0.25) is 0 Å². The molecule has 0 nitrogen and oxygen atoms in total. The molecule has 0 saturated carbocycles. The van der Waals surface area contributed by atoms with Gasteiger partial charge < -0.3 is 0 Å². The maximum atomic E-state index is 3.32. The van der Waals surface area contributed by atoms with Crippen molar-refractivity contribution in [1.29, 1.82) is 0 Å². The Bertz CT molecular complexity index is 648. The molecule has 5 heteroatoms. The zero-order valence-corrected chi connectivity index (χ0v) is 18.3. The van der Waals surface area contributed by atoms with Crippen molar-refractivity contribution in [2.45, 2.75) is 0 Å². The second-order valence-electron chi connectivity index (χ2n) is 5.32. The largest absolute Gasteiger partial charge is 0 e. The summed E-state index contributed by atoms with van der Waals surface area (Å²) in [6.45, 7) is 0. The molecule has 0 aliphatic carbocycles. The zero-order valence-electron chi connectivity index (χ0n) is 12.6. The van der Waals surface area contributed by atoms with E-state index in [0.29, 0.717) is 7.96 Å². The SMILES string of the molecule is PPP(P)(c1ccccc1)(c1ccccc1)c1ccccc1.[Pd]. The summed E-state index contributed by atoms with van der Waals surface area (Å²) < 4.78 is 0. The maximum absolute atomic E-state index is 3.32. The van der Waals surface area contributed by atoms with Crippen molar-refractivity contribution in [3.05, 3.63) is 91.0 Å². The van der Waals surface area contributed by atoms with Crippen LogP contribution in [0.1, 0.15) is 0 Å². The van der Waals surface area contributed by atoms with Gasteiger partial charge in [0.05, 0.1) is 0 Å². The summed E-state index contributed by atoms with van der Waals surface area (Å²) >= 11 is 0. The molecular weight excluding hydrogens is 447 g/mol. The van der Waals surface area contributed by atoms with Crippen LogP contribution in [0.2, 0.25) is 0 Å². The van der Waals surface area contributed by atoms with E-state index in [1.807, 2.05) is 0 Å². The average molecular weight is 467 g/mol. The van der Waals surface area contributed by atoms with E-state index < -0.39 is 5.98 Å². The molecule has 0 heterocycles. The molecule has 3 aromatic carbocycles. The standard InChI is InChI=1S/C18H20P4.Pd/c19-21-22(20,16-10-4-1-5-11-16,17-12-6-2-7-13-17)18-14-8-3-9-15-18;/h1-15,21H,19-20H2;. The molecule has 122 valence electrons. The van der Waals surface area contributed by atoms with Crippen LogP contribution in [-0.2, 0) is 20.4 Å². The Labute approximate surface area is 158 Å². The van der Waals surface area contributed by atoms with Crippen LogP contribution in [0.3, 0.4) is 0 Å². The van der Waals surface area contributed by atoms with E-state index in [9.17, 15) is 0 Å². The number of rotatable bonds is 4. The van der Waals surface area contributed by atoms with Crippen LogP contribution in [0.15, 0.2) is 91.0 Å². The van der Waals surface area contributed by atoms with E-state index in [2.05, 4.69) is 109 Å². The molecule has 0 spiro atoms. The number of benzene rings is 3. The molecule has 0 bridgehead atoms. The van der Waals surface area contributed by atoms with Crippen LogP contribution in [0.25, 0.3) is 0 Å². The van der Waals surface area contributed by atoms with Gasteiger partial charge in [0.15, 0.2) is 0 Å². The first-order chi connectivity index (χ1) is 10.7. The van der Waals surface area contributed by atoms with Crippen LogP contribution in [0, 0.1) is 0 Å². The van der Waals surface area contributed by atoms with Crippen molar-refractivity contribution in [1.82, 2.24) is 0 Å². The molecule has 0 radical (unpaired) electrons. The Morgan fingerprint density at radius 1 is 0.565 bits per heavy atom. The van der Waals surface area contributed by atoms with Gasteiger partial charge in [-0.3, -0.25) is 0 Å². The van der Waals surface area contributed by atoms with Crippen molar-refractivity contribution >= 4 is 47.7 Å². The van der Waals surface area contributed by atoms with Crippen LogP contribution in [0.4, 0.5) is 0 Å². The summed E-state index contributed by atoms with van der Waals surface area (Å²) in [4.78, 5) is 0. The van der Waals surface area contributed by atoms with Crippen LogP contribution < -0.4 is 15.9 Å². The molecule has 0 aliphatic heterocycles. The van der Waals surface area contributed by atoms with Gasteiger partial charge in [-0.25, -0.2) is 0 Å². The summed E-state index contributed by atoms with van der Waals surface area (Å²) in [5, 5.41) is 4.26. The Balaban J connectivity index is 0.00000192. The van der Waals surface area contributed by atoms with Crippen molar-refractivity contribution < 1.29 is 20.4 Å². The van der Waals surface area contributed by atoms with Gasteiger partial charge >= 0.3 is 139 Å².